The van der Waals surface area contributed by atoms with E-state index in [0.717, 1.165) is 22.1 Å². The van der Waals surface area contributed by atoms with Gasteiger partial charge in [-0.2, -0.15) is 5.10 Å². The van der Waals surface area contributed by atoms with Crippen LogP contribution in [0.2, 0.25) is 0 Å². The van der Waals surface area contributed by atoms with E-state index in [9.17, 15) is 9.59 Å². The van der Waals surface area contributed by atoms with Crippen LogP contribution in [0.4, 0.5) is 0 Å². The van der Waals surface area contributed by atoms with Gasteiger partial charge in [-0.3, -0.25) is 9.59 Å². The Kier molecular flexibility index (Phi) is 7.38. The topological polar surface area (TPSA) is 79.8 Å². The molecule has 3 aromatic rings. The lowest BCUT2D eigenvalue weighted by atomic mass is 10.0. The molecule has 0 heterocycles. The number of carbonyl (C=O) groups is 2. The maximum atomic E-state index is 12.7. The molecular formula is C25H27N3O3. The first-order chi connectivity index (χ1) is 15.0. The Morgan fingerprint density at radius 3 is 2.32 bits per heavy atom. The van der Waals surface area contributed by atoms with Gasteiger partial charge in [-0.25, -0.2) is 5.43 Å². The van der Waals surface area contributed by atoms with Crippen LogP contribution in [0.15, 0.2) is 71.8 Å². The van der Waals surface area contributed by atoms with Crippen LogP contribution < -0.4 is 15.5 Å². The normalized spacial score (nSPS) is 12.1. The Hall–Kier alpha value is -3.67. The van der Waals surface area contributed by atoms with E-state index in [1.807, 2.05) is 63.2 Å². The van der Waals surface area contributed by atoms with Gasteiger partial charge < -0.3 is 10.1 Å². The van der Waals surface area contributed by atoms with Crippen molar-refractivity contribution >= 4 is 28.8 Å². The van der Waals surface area contributed by atoms with E-state index < -0.39 is 6.04 Å². The lowest BCUT2D eigenvalue weighted by molar-refractivity contribution is -0.123. The van der Waals surface area contributed by atoms with Crippen LogP contribution in [-0.4, -0.2) is 30.7 Å². The summed E-state index contributed by atoms with van der Waals surface area (Å²) >= 11 is 0. The number of hydrogen-bond donors (Lipinski definition) is 2. The number of hydrazone groups is 1. The molecule has 160 valence electrons. The van der Waals surface area contributed by atoms with Crippen molar-refractivity contribution in [2.24, 2.45) is 11.0 Å². The second kappa shape index (κ2) is 10.4. The smallest absolute Gasteiger partial charge is 0.262 e. The monoisotopic (exact) mass is 417 g/mol. The lowest BCUT2D eigenvalue weighted by Crippen LogP contribution is -2.48. The molecule has 0 saturated heterocycles. The van der Waals surface area contributed by atoms with Gasteiger partial charge in [0.1, 0.15) is 11.8 Å². The first kappa shape index (κ1) is 22.0. The quantitative estimate of drug-likeness (QED) is 0.427. The van der Waals surface area contributed by atoms with Crippen LogP contribution >= 0.6 is 0 Å². The molecular weight excluding hydrogens is 390 g/mol. The second-order valence-electron chi connectivity index (χ2n) is 7.43. The number of benzene rings is 3. The summed E-state index contributed by atoms with van der Waals surface area (Å²) in [7, 11) is 0. The molecule has 0 aliphatic heterocycles. The molecule has 0 bridgehead atoms. The predicted octanol–water partition coefficient (Wildman–Crippen LogP) is 4.14. The number of nitrogens with zero attached hydrogens (tertiary/aromatic N) is 1. The van der Waals surface area contributed by atoms with Gasteiger partial charge in [0, 0.05) is 16.5 Å². The molecule has 2 amide bonds. The molecule has 0 aliphatic carbocycles. The van der Waals surface area contributed by atoms with Crippen LogP contribution in [0.3, 0.4) is 0 Å². The second-order valence-corrected chi connectivity index (χ2v) is 7.43. The molecule has 0 saturated carbocycles. The molecule has 0 fully saturated rings. The van der Waals surface area contributed by atoms with Crippen molar-refractivity contribution in [2.75, 3.05) is 6.61 Å². The SMILES string of the molecule is CCOc1ccc(/C=N/NC(=O)C(NC(=O)c2ccccc2)C(C)C)c2ccccc12. The first-order valence-corrected chi connectivity index (χ1v) is 10.3. The van der Waals surface area contributed by atoms with E-state index in [1.165, 1.54) is 0 Å². The summed E-state index contributed by atoms with van der Waals surface area (Å²) in [5.41, 5.74) is 3.92. The van der Waals surface area contributed by atoms with E-state index >= 15 is 0 Å². The van der Waals surface area contributed by atoms with Gasteiger partial charge in [0.2, 0.25) is 0 Å². The molecule has 0 spiro atoms. The van der Waals surface area contributed by atoms with Crippen LogP contribution in [0.1, 0.15) is 36.7 Å². The maximum Gasteiger partial charge on any atom is 0.262 e. The zero-order chi connectivity index (χ0) is 22.2. The van der Waals surface area contributed by atoms with Crippen molar-refractivity contribution in [3.8, 4) is 5.75 Å². The molecule has 31 heavy (non-hydrogen) atoms. The zero-order valence-corrected chi connectivity index (χ0v) is 18.0. The summed E-state index contributed by atoms with van der Waals surface area (Å²) in [4.78, 5) is 25.1. The first-order valence-electron chi connectivity index (χ1n) is 10.3. The minimum atomic E-state index is -0.707. The molecule has 0 aliphatic rings. The third kappa shape index (κ3) is 5.48. The van der Waals surface area contributed by atoms with Gasteiger partial charge in [0.15, 0.2) is 0 Å². The Balaban J connectivity index is 1.72. The highest BCUT2D eigenvalue weighted by molar-refractivity contribution is 6.03. The molecule has 2 N–H and O–H groups in total. The lowest BCUT2D eigenvalue weighted by Gasteiger charge is -2.20. The summed E-state index contributed by atoms with van der Waals surface area (Å²) in [6.07, 6.45) is 1.60. The fourth-order valence-electron chi connectivity index (χ4n) is 3.27. The minimum absolute atomic E-state index is 0.103. The highest BCUT2D eigenvalue weighted by Gasteiger charge is 2.24. The standard InChI is InChI=1S/C25H27N3O3/c1-4-31-22-15-14-19(20-12-8-9-13-21(20)22)16-26-28-25(30)23(17(2)3)27-24(29)18-10-6-5-7-11-18/h5-17,23H,4H2,1-3H3,(H,27,29)(H,28,30)/b26-16+. The van der Waals surface area contributed by atoms with Crippen LogP contribution in [0.25, 0.3) is 10.8 Å². The van der Waals surface area contributed by atoms with Gasteiger partial charge in [0.05, 0.1) is 12.8 Å². The van der Waals surface area contributed by atoms with Crippen molar-refractivity contribution in [2.45, 2.75) is 26.8 Å². The van der Waals surface area contributed by atoms with Crippen molar-refractivity contribution in [1.29, 1.82) is 0 Å². The molecule has 1 atom stereocenters. The van der Waals surface area contributed by atoms with Gasteiger partial charge >= 0.3 is 0 Å². The van der Waals surface area contributed by atoms with E-state index in [4.69, 9.17) is 4.74 Å². The van der Waals surface area contributed by atoms with Crippen molar-refractivity contribution in [3.63, 3.8) is 0 Å². The number of ether oxygens (including phenoxy) is 1. The number of rotatable bonds is 8. The summed E-state index contributed by atoms with van der Waals surface area (Å²) < 4.78 is 5.69. The summed E-state index contributed by atoms with van der Waals surface area (Å²) in [5.74, 6) is 0.0404. The van der Waals surface area contributed by atoms with Crippen molar-refractivity contribution in [1.82, 2.24) is 10.7 Å². The van der Waals surface area contributed by atoms with Crippen molar-refractivity contribution < 1.29 is 14.3 Å². The molecule has 0 radical (unpaired) electrons. The Bertz CT molecular complexity index is 1080. The number of carbonyl (C=O) groups excluding carboxylic acids is 2. The Labute approximate surface area is 182 Å². The molecule has 1 unspecified atom stereocenters. The number of nitrogens with one attached hydrogen (secondary N) is 2. The third-order valence-electron chi connectivity index (χ3n) is 4.87. The molecule has 6 heteroatoms. The van der Waals surface area contributed by atoms with Crippen LogP contribution in [-0.2, 0) is 4.79 Å². The summed E-state index contributed by atoms with van der Waals surface area (Å²) in [6, 6.07) is 19.8. The largest absolute Gasteiger partial charge is 0.493 e. The Morgan fingerprint density at radius 1 is 0.968 bits per heavy atom. The highest BCUT2D eigenvalue weighted by Crippen LogP contribution is 2.27. The molecule has 0 aromatic heterocycles. The predicted molar refractivity (Wildman–Crippen MR) is 123 cm³/mol. The molecule has 3 rings (SSSR count). The van der Waals surface area contributed by atoms with Crippen LogP contribution in [0, 0.1) is 5.92 Å². The van der Waals surface area contributed by atoms with E-state index in [0.29, 0.717) is 12.2 Å². The average molecular weight is 418 g/mol. The molecule has 6 nitrogen and oxygen atoms in total. The maximum absolute atomic E-state index is 12.7. The number of hydrogen-bond acceptors (Lipinski definition) is 4. The fourth-order valence-corrected chi connectivity index (χ4v) is 3.27. The Morgan fingerprint density at radius 2 is 1.65 bits per heavy atom. The zero-order valence-electron chi connectivity index (χ0n) is 18.0. The minimum Gasteiger partial charge on any atom is -0.493 e. The summed E-state index contributed by atoms with van der Waals surface area (Å²) in [5, 5.41) is 8.88. The van der Waals surface area contributed by atoms with Gasteiger partial charge in [-0.1, -0.05) is 56.3 Å². The summed E-state index contributed by atoms with van der Waals surface area (Å²) in [6.45, 7) is 6.28. The number of fused-ring (bicyclic) bond motifs is 1. The van der Waals surface area contributed by atoms with E-state index in [2.05, 4.69) is 15.8 Å². The highest BCUT2D eigenvalue weighted by atomic mass is 16.5. The van der Waals surface area contributed by atoms with Crippen LogP contribution in [0.5, 0.6) is 5.75 Å². The van der Waals surface area contributed by atoms with Crippen molar-refractivity contribution in [3.05, 3.63) is 77.9 Å². The number of amides is 2. The average Bonchev–Trinajstić information content (AvgIpc) is 2.79. The molecule has 3 aromatic carbocycles. The van der Waals surface area contributed by atoms with E-state index in [-0.39, 0.29) is 17.7 Å². The van der Waals surface area contributed by atoms with Gasteiger partial charge in [-0.05, 0) is 42.5 Å². The van der Waals surface area contributed by atoms with Gasteiger partial charge in [-0.15, -0.1) is 0 Å². The van der Waals surface area contributed by atoms with Gasteiger partial charge in [0.25, 0.3) is 11.8 Å². The third-order valence-corrected chi connectivity index (χ3v) is 4.87. The van der Waals surface area contributed by atoms with E-state index in [1.54, 1.807) is 30.5 Å². The fraction of sp³-hybridized carbons (Fsp3) is 0.240.